The predicted octanol–water partition coefficient (Wildman–Crippen LogP) is 8.31. The molecule has 36 heavy (non-hydrogen) atoms. The monoisotopic (exact) mass is 475 g/mol. The van der Waals surface area contributed by atoms with Crippen molar-refractivity contribution in [2.75, 3.05) is 11.9 Å². The summed E-state index contributed by atoms with van der Waals surface area (Å²) in [7, 11) is 0. The summed E-state index contributed by atoms with van der Waals surface area (Å²) in [5.74, 6) is 0.554. The lowest BCUT2D eigenvalue weighted by Gasteiger charge is -2.15. The molecule has 0 aliphatic heterocycles. The smallest absolute Gasteiger partial charge is 0.248 e. The molecule has 4 heteroatoms. The van der Waals surface area contributed by atoms with Crippen LogP contribution in [0, 0.1) is 13.8 Å². The average molecular weight is 476 g/mol. The molecule has 0 fully saturated rings. The second kappa shape index (κ2) is 9.74. The molecule has 1 aromatic heterocycles. The van der Waals surface area contributed by atoms with Gasteiger partial charge in [-0.3, -0.25) is 4.79 Å². The fourth-order valence-corrected chi connectivity index (χ4v) is 4.70. The minimum atomic E-state index is -0.182. The maximum Gasteiger partial charge on any atom is 0.248 e. The molecule has 0 aliphatic carbocycles. The normalized spacial score (nSPS) is 11.7. The van der Waals surface area contributed by atoms with E-state index in [2.05, 4.69) is 47.8 Å². The molecule has 180 valence electrons. The molecule has 1 N–H and O–H groups in total. The Bertz CT molecular complexity index is 1600. The van der Waals surface area contributed by atoms with Crippen LogP contribution in [0.4, 0.5) is 5.69 Å². The van der Waals surface area contributed by atoms with Crippen molar-refractivity contribution in [2.45, 2.75) is 27.7 Å². The van der Waals surface area contributed by atoms with Crippen molar-refractivity contribution in [3.8, 4) is 16.9 Å². The standard InChI is InChI=1S/C32H29NO3/c1-5-35-31-22(4)32-28(29(19-36-32)26-12-8-10-23-9-6-7-11-25(23)26)18-27(31)21(3)17-30(34)33-24-15-13-20(2)14-16-24/h6-19H,5H2,1-4H3,(H,33,34)/b21-17+. The fraction of sp³-hybridized carbons (Fsp3) is 0.156. The van der Waals surface area contributed by atoms with Gasteiger partial charge in [-0.25, -0.2) is 0 Å². The summed E-state index contributed by atoms with van der Waals surface area (Å²) in [5, 5.41) is 6.29. The van der Waals surface area contributed by atoms with Gasteiger partial charge in [0.05, 0.1) is 12.9 Å². The number of anilines is 1. The van der Waals surface area contributed by atoms with Crippen LogP contribution in [0.3, 0.4) is 0 Å². The zero-order valence-electron chi connectivity index (χ0n) is 21.0. The van der Waals surface area contributed by atoms with Gasteiger partial charge in [-0.15, -0.1) is 0 Å². The highest BCUT2D eigenvalue weighted by molar-refractivity contribution is 6.08. The van der Waals surface area contributed by atoms with E-state index in [0.717, 1.165) is 55.8 Å². The van der Waals surface area contributed by atoms with E-state index in [1.54, 1.807) is 6.08 Å². The molecule has 5 aromatic rings. The second-order valence-corrected chi connectivity index (χ2v) is 9.05. The topological polar surface area (TPSA) is 51.5 Å². The average Bonchev–Trinajstić information content (AvgIpc) is 3.30. The molecule has 5 rings (SSSR count). The number of aryl methyl sites for hydroxylation is 2. The summed E-state index contributed by atoms with van der Waals surface area (Å²) in [5.41, 5.74) is 7.45. The van der Waals surface area contributed by atoms with Crippen molar-refractivity contribution in [2.24, 2.45) is 0 Å². The van der Waals surface area contributed by atoms with Crippen LogP contribution in [-0.2, 0) is 4.79 Å². The number of allylic oxidation sites excluding steroid dienone is 1. The Hall–Kier alpha value is -4.31. The number of amides is 1. The van der Waals surface area contributed by atoms with Crippen molar-refractivity contribution in [3.05, 3.63) is 102 Å². The highest BCUT2D eigenvalue weighted by Gasteiger charge is 2.20. The largest absolute Gasteiger partial charge is 0.493 e. The molecule has 0 spiro atoms. The van der Waals surface area contributed by atoms with Gasteiger partial charge in [-0.05, 0) is 67.8 Å². The van der Waals surface area contributed by atoms with Gasteiger partial charge in [0, 0.05) is 33.8 Å². The van der Waals surface area contributed by atoms with Gasteiger partial charge in [0.25, 0.3) is 0 Å². The minimum absolute atomic E-state index is 0.182. The SMILES string of the molecule is CCOc1c(/C(C)=C/C(=O)Nc2ccc(C)cc2)cc2c(-c3cccc4ccccc34)coc2c1C. The summed E-state index contributed by atoms with van der Waals surface area (Å²) < 4.78 is 12.2. The number of ether oxygens (including phenoxy) is 1. The maximum atomic E-state index is 12.8. The van der Waals surface area contributed by atoms with Crippen molar-refractivity contribution in [1.82, 2.24) is 0 Å². The number of benzene rings is 4. The zero-order chi connectivity index (χ0) is 25.2. The number of rotatable bonds is 6. The van der Waals surface area contributed by atoms with Crippen molar-refractivity contribution >= 4 is 38.9 Å². The number of fused-ring (bicyclic) bond motifs is 2. The lowest BCUT2D eigenvalue weighted by Crippen LogP contribution is -2.09. The van der Waals surface area contributed by atoms with Gasteiger partial charge in [-0.1, -0.05) is 60.2 Å². The number of hydrogen-bond acceptors (Lipinski definition) is 3. The summed E-state index contributed by atoms with van der Waals surface area (Å²) in [6, 6.07) is 24.5. The highest BCUT2D eigenvalue weighted by Crippen LogP contribution is 2.42. The fourth-order valence-electron chi connectivity index (χ4n) is 4.70. The molecule has 0 bridgehead atoms. The van der Waals surface area contributed by atoms with Crippen LogP contribution in [0.15, 0.2) is 89.6 Å². The van der Waals surface area contributed by atoms with Crippen LogP contribution in [-0.4, -0.2) is 12.5 Å². The first-order valence-electron chi connectivity index (χ1n) is 12.2. The van der Waals surface area contributed by atoms with E-state index in [4.69, 9.17) is 9.15 Å². The third-order valence-electron chi connectivity index (χ3n) is 6.50. The highest BCUT2D eigenvalue weighted by atomic mass is 16.5. The van der Waals surface area contributed by atoms with Gasteiger partial charge in [0.15, 0.2) is 0 Å². The summed E-state index contributed by atoms with van der Waals surface area (Å²) in [6.07, 6.45) is 3.45. The van der Waals surface area contributed by atoms with Gasteiger partial charge in [0.2, 0.25) is 5.91 Å². The van der Waals surface area contributed by atoms with Gasteiger partial charge in [0.1, 0.15) is 11.3 Å². The Morgan fingerprint density at radius 3 is 2.47 bits per heavy atom. The van der Waals surface area contributed by atoms with E-state index in [9.17, 15) is 4.79 Å². The van der Waals surface area contributed by atoms with Crippen LogP contribution >= 0.6 is 0 Å². The molecule has 1 amide bonds. The molecule has 0 atom stereocenters. The van der Waals surface area contributed by atoms with E-state index >= 15 is 0 Å². The number of carbonyl (C=O) groups is 1. The molecule has 4 nitrogen and oxygen atoms in total. The van der Waals surface area contributed by atoms with Crippen LogP contribution in [0.5, 0.6) is 5.75 Å². The molecule has 0 radical (unpaired) electrons. The Morgan fingerprint density at radius 1 is 0.944 bits per heavy atom. The number of hydrogen-bond donors (Lipinski definition) is 1. The summed E-state index contributed by atoms with van der Waals surface area (Å²) in [4.78, 5) is 12.8. The number of nitrogens with one attached hydrogen (secondary N) is 1. The minimum Gasteiger partial charge on any atom is -0.493 e. The molecule has 0 unspecified atom stereocenters. The van der Waals surface area contributed by atoms with Crippen LogP contribution in [0.25, 0.3) is 38.4 Å². The molecule has 0 saturated heterocycles. The van der Waals surface area contributed by atoms with Crippen LogP contribution in [0.1, 0.15) is 30.5 Å². The van der Waals surface area contributed by atoms with E-state index in [1.807, 2.05) is 64.3 Å². The van der Waals surface area contributed by atoms with Crippen LogP contribution < -0.4 is 10.1 Å². The first-order valence-corrected chi connectivity index (χ1v) is 12.2. The van der Waals surface area contributed by atoms with E-state index < -0.39 is 0 Å². The maximum absolute atomic E-state index is 12.8. The van der Waals surface area contributed by atoms with Gasteiger partial charge >= 0.3 is 0 Å². The molecule has 4 aromatic carbocycles. The molecular formula is C32H29NO3. The van der Waals surface area contributed by atoms with Crippen molar-refractivity contribution in [3.63, 3.8) is 0 Å². The third kappa shape index (κ3) is 4.38. The van der Waals surface area contributed by atoms with Gasteiger partial charge in [-0.2, -0.15) is 0 Å². The predicted molar refractivity (Wildman–Crippen MR) is 149 cm³/mol. The number of carbonyl (C=O) groups excluding carboxylic acids is 1. The lowest BCUT2D eigenvalue weighted by atomic mass is 9.94. The third-order valence-corrected chi connectivity index (χ3v) is 6.50. The van der Waals surface area contributed by atoms with Gasteiger partial charge < -0.3 is 14.5 Å². The first-order chi connectivity index (χ1) is 17.5. The lowest BCUT2D eigenvalue weighted by molar-refractivity contribution is -0.111. The Labute approximate surface area is 211 Å². The molecular weight excluding hydrogens is 446 g/mol. The molecule has 0 saturated carbocycles. The van der Waals surface area contributed by atoms with E-state index in [-0.39, 0.29) is 5.91 Å². The Kier molecular flexibility index (Phi) is 6.34. The molecule has 1 heterocycles. The summed E-state index contributed by atoms with van der Waals surface area (Å²) in [6.45, 7) is 8.44. The Balaban J connectivity index is 1.62. The van der Waals surface area contributed by atoms with Crippen molar-refractivity contribution < 1.29 is 13.9 Å². The van der Waals surface area contributed by atoms with Crippen molar-refractivity contribution in [1.29, 1.82) is 0 Å². The summed E-state index contributed by atoms with van der Waals surface area (Å²) >= 11 is 0. The number of furan rings is 1. The van der Waals surface area contributed by atoms with E-state index in [0.29, 0.717) is 6.61 Å². The van der Waals surface area contributed by atoms with E-state index in [1.165, 1.54) is 10.8 Å². The second-order valence-electron chi connectivity index (χ2n) is 9.05. The zero-order valence-corrected chi connectivity index (χ0v) is 21.0. The molecule has 0 aliphatic rings. The quantitative estimate of drug-likeness (QED) is 0.251. The van der Waals surface area contributed by atoms with Crippen LogP contribution in [0.2, 0.25) is 0 Å². The first kappa shape index (κ1) is 23.4. The Morgan fingerprint density at radius 2 is 1.69 bits per heavy atom.